The van der Waals surface area contributed by atoms with Crippen LogP contribution in [0.1, 0.15) is 12.0 Å². The molecule has 0 aromatic heterocycles. The van der Waals surface area contributed by atoms with Crippen molar-refractivity contribution >= 4 is 41.3 Å². The Labute approximate surface area is 128 Å². The highest BCUT2D eigenvalue weighted by Crippen LogP contribution is 2.24. The number of guanidine groups is 1. The first-order valence-corrected chi connectivity index (χ1v) is 5.55. The smallest absolute Gasteiger partial charge is 0.292 e. The summed E-state index contributed by atoms with van der Waals surface area (Å²) in [6.45, 7) is 2.88. The summed E-state index contributed by atoms with van der Waals surface area (Å²) in [6.07, 6.45) is 0.697. The highest BCUT2D eigenvalue weighted by Gasteiger charge is 2.12. The van der Waals surface area contributed by atoms with Crippen molar-refractivity contribution in [2.75, 3.05) is 18.4 Å². The Morgan fingerprint density at radius 2 is 2.16 bits per heavy atom. The second-order valence-corrected chi connectivity index (χ2v) is 3.86. The first-order chi connectivity index (χ1) is 8.50. The molecule has 0 spiro atoms. The van der Waals surface area contributed by atoms with Gasteiger partial charge in [-0.2, -0.15) is 0 Å². The Balaban J connectivity index is 0.00000324. The fourth-order valence-corrected chi connectivity index (χ4v) is 1.45. The third-order valence-corrected chi connectivity index (χ3v) is 2.29. The number of benzene rings is 1. The molecule has 5 N–H and O–H groups in total. The first kappa shape index (κ1) is 17.4. The van der Waals surface area contributed by atoms with Crippen LogP contribution < -0.4 is 16.8 Å². The minimum atomic E-state index is -0.397. The second kappa shape index (κ2) is 8.51. The van der Waals surface area contributed by atoms with E-state index in [4.69, 9.17) is 11.5 Å². The van der Waals surface area contributed by atoms with Crippen LogP contribution in [0.25, 0.3) is 0 Å². The largest absolute Gasteiger partial charge is 0.379 e. The van der Waals surface area contributed by atoms with Crippen molar-refractivity contribution in [1.29, 1.82) is 0 Å². The lowest BCUT2D eigenvalue weighted by Gasteiger charge is -2.06. The van der Waals surface area contributed by atoms with Gasteiger partial charge in [0.1, 0.15) is 5.69 Å². The summed E-state index contributed by atoms with van der Waals surface area (Å²) in [5, 5.41) is 13.9. The van der Waals surface area contributed by atoms with Gasteiger partial charge in [-0.25, -0.2) is 0 Å². The number of aliphatic imine (C=N–C) groups is 1. The number of nitrogens with zero attached hydrogens (tertiary/aromatic N) is 2. The van der Waals surface area contributed by atoms with Crippen LogP contribution in [0.2, 0.25) is 0 Å². The summed E-state index contributed by atoms with van der Waals surface area (Å²) in [5.41, 5.74) is 11.8. The third kappa shape index (κ3) is 6.22. The Bertz CT molecular complexity index is 460. The molecule has 1 aromatic rings. The molecule has 0 aliphatic rings. The predicted molar refractivity (Wildman–Crippen MR) is 87.0 cm³/mol. The maximum atomic E-state index is 10.9. The van der Waals surface area contributed by atoms with E-state index in [1.165, 1.54) is 0 Å². The van der Waals surface area contributed by atoms with Crippen LogP contribution in [-0.2, 0) is 0 Å². The van der Waals surface area contributed by atoms with Gasteiger partial charge in [-0.1, -0.05) is 6.07 Å². The number of nitro groups is 1. The zero-order valence-electron chi connectivity index (χ0n) is 10.6. The van der Waals surface area contributed by atoms with Crippen LogP contribution in [0.5, 0.6) is 0 Å². The monoisotopic (exact) mass is 379 g/mol. The van der Waals surface area contributed by atoms with Crippen LogP contribution in [0, 0.1) is 17.0 Å². The minimum Gasteiger partial charge on any atom is -0.379 e. The van der Waals surface area contributed by atoms with E-state index < -0.39 is 4.92 Å². The Morgan fingerprint density at radius 3 is 2.74 bits per heavy atom. The molecule has 0 atom stereocenters. The van der Waals surface area contributed by atoms with Crippen LogP contribution in [-0.4, -0.2) is 24.0 Å². The van der Waals surface area contributed by atoms with Crippen LogP contribution in [0.4, 0.5) is 11.4 Å². The molecule has 0 aliphatic heterocycles. The van der Waals surface area contributed by atoms with E-state index in [9.17, 15) is 10.1 Å². The van der Waals surface area contributed by atoms with Gasteiger partial charge in [-0.15, -0.1) is 24.0 Å². The van der Waals surface area contributed by atoms with Crippen molar-refractivity contribution in [2.24, 2.45) is 16.5 Å². The van der Waals surface area contributed by atoms with Crippen molar-refractivity contribution in [3.05, 3.63) is 33.9 Å². The van der Waals surface area contributed by atoms with Gasteiger partial charge in [0.2, 0.25) is 0 Å². The zero-order chi connectivity index (χ0) is 13.5. The molecular formula is C11H18IN5O2. The second-order valence-electron chi connectivity index (χ2n) is 3.86. The highest BCUT2D eigenvalue weighted by molar-refractivity contribution is 14.0. The molecule has 0 saturated carbocycles. The first-order valence-electron chi connectivity index (χ1n) is 5.55. The van der Waals surface area contributed by atoms with Crippen LogP contribution >= 0.6 is 24.0 Å². The molecule has 0 aliphatic carbocycles. The molecule has 0 saturated heterocycles. The molecule has 0 heterocycles. The summed E-state index contributed by atoms with van der Waals surface area (Å²) in [5.74, 6) is 0.0521. The summed E-state index contributed by atoms with van der Waals surface area (Å²) < 4.78 is 0. The number of halogens is 1. The summed E-state index contributed by atoms with van der Waals surface area (Å²) in [4.78, 5) is 14.3. The lowest BCUT2D eigenvalue weighted by atomic mass is 10.2. The molecular weight excluding hydrogens is 361 g/mol. The van der Waals surface area contributed by atoms with E-state index in [1.807, 2.05) is 13.0 Å². The Hall–Kier alpha value is -1.58. The zero-order valence-corrected chi connectivity index (χ0v) is 13.0. The van der Waals surface area contributed by atoms with Gasteiger partial charge in [-0.3, -0.25) is 15.1 Å². The number of nitro benzene ring substituents is 1. The van der Waals surface area contributed by atoms with Crippen LogP contribution in [0.15, 0.2) is 23.2 Å². The molecule has 1 aromatic carbocycles. The number of hydrogen-bond acceptors (Lipinski definition) is 4. The molecule has 0 fully saturated rings. The number of aryl methyl sites for hydroxylation is 1. The summed E-state index contributed by atoms with van der Waals surface area (Å²) in [7, 11) is 0. The average Bonchev–Trinajstić information content (AvgIpc) is 2.29. The standard InChI is InChI=1S/C11H17N5O2.HI/c1-8-3-4-9(10(7-8)16(17)18)14-5-2-6-15-11(12)13;/h3-4,7,14H,2,5-6H2,1H3,(H4,12,13,15);1H. The molecule has 1 rings (SSSR count). The number of hydrogen-bond donors (Lipinski definition) is 3. The third-order valence-electron chi connectivity index (χ3n) is 2.29. The van der Waals surface area contributed by atoms with E-state index >= 15 is 0 Å². The molecule has 7 nitrogen and oxygen atoms in total. The highest BCUT2D eigenvalue weighted by atomic mass is 127. The number of nitrogens with two attached hydrogens (primary N) is 2. The van der Waals surface area contributed by atoms with E-state index in [-0.39, 0.29) is 35.6 Å². The molecule has 0 amide bonds. The number of nitrogens with one attached hydrogen (secondary N) is 1. The normalized spacial score (nSPS) is 9.32. The fraction of sp³-hybridized carbons (Fsp3) is 0.364. The van der Waals surface area contributed by atoms with Crippen molar-refractivity contribution in [3.8, 4) is 0 Å². The van der Waals surface area contributed by atoms with Crippen molar-refractivity contribution in [2.45, 2.75) is 13.3 Å². The molecule has 19 heavy (non-hydrogen) atoms. The number of rotatable bonds is 6. The van der Waals surface area contributed by atoms with Gasteiger partial charge < -0.3 is 16.8 Å². The Morgan fingerprint density at radius 1 is 1.47 bits per heavy atom. The lowest BCUT2D eigenvalue weighted by Crippen LogP contribution is -2.23. The van der Waals surface area contributed by atoms with Gasteiger partial charge in [0.25, 0.3) is 5.69 Å². The minimum absolute atomic E-state index is 0. The quantitative estimate of drug-likeness (QED) is 0.173. The van der Waals surface area contributed by atoms with Crippen molar-refractivity contribution < 1.29 is 4.92 Å². The van der Waals surface area contributed by atoms with Gasteiger partial charge in [0, 0.05) is 19.2 Å². The molecule has 106 valence electrons. The molecule has 0 unspecified atom stereocenters. The predicted octanol–water partition coefficient (Wildman–Crippen LogP) is 1.60. The van der Waals surface area contributed by atoms with Crippen LogP contribution in [0.3, 0.4) is 0 Å². The molecule has 8 heteroatoms. The summed E-state index contributed by atoms with van der Waals surface area (Å²) in [6, 6.07) is 5.07. The van der Waals surface area contributed by atoms with E-state index in [1.54, 1.807) is 12.1 Å². The lowest BCUT2D eigenvalue weighted by molar-refractivity contribution is -0.384. The van der Waals surface area contributed by atoms with E-state index in [2.05, 4.69) is 10.3 Å². The SMILES string of the molecule is Cc1ccc(NCCCN=C(N)N)c([N+](=O)[O-])c1.I. The van der Waals surface area contributed by atoms with Gasteiger partial charge in [0.15, 0.2) is 5.96 Å². The molecule has 0 radical (unpaired) electrons. The Kier molecular flexibility index (Phi) is 7.80. The van der Waals surface area contributed by atoms with Crippen molar-refractivity contribution in [3.63, 3.8) is 0 Å². The maximum absolute atomic E-state index is 10.9. The van der Waals surface area contributed by atoms with E-state index in [0.29, 0.717) is 25.2 Å². The van der Waals surface area contributed by atoms with Crippen molar-refractivity contribution in [1.82, 2.24) is 0 Å². The van der Waals surface area contributed by atoms with Gasteiger partial charge >= 0.3 is 0 Å². The average molecular weight is 379 g/mol. The number of anilines is 1. The van der Waals surface area contributed by atoms with Gasteiger partial charge in [0.05, 0.1) is 4.92 Å². The fourth-order valence-electron chi connectivity index (χ4n) is 1.45. The van der Waals surface area contributed by atoms with E-state index in [0.717, 1.165) is 5.56 Å². The molecule has 0 bridgehead atoms. The topological polar surface area (TPSA) is 120 Å². The summed E-state index contributed by atoms with van der Waals surface area (Å²) >= 11 is 0. The van der Waals surface area contributed by atoms with Gasteiger partial charge in [-0.05, 0) is 25.0 Å². The maximum Gasteiger partial charge on any atom is 0.292 e.